The van der Waals surface area contributed by atoms with E-state index in [9.17, 15) is 22.8 Å². The fourth-order valence-corrected chi connectivity index (χ4v) is 5.87. The Bertz CT molecular complexity index is 1220. The lowest BCUT2D eigenvalue weighted by Gasteiger charge is -2.37. The molecular weight excluding hydrogens is 495 g/mol. The maximum Gasteiger partial charge on any atom is 0.416 e. The van der Waals surface area contributed by atoms with Crippen molar-refractivity contribution < 1.29 is 27.5 Å². The van der Waals surface area contributed by atoms with E-state index in [2.05, 4.69) is 10.2 Å². The van der Waals surface area contributed by atoms with Gasteiger partial charge in [-0.05, 0) is 67.5 Å². The maximum absolute atomic E-state index is 14.1. The van der Waals surface area contributed by atoms with Gasteiger partial charge in [0.15, 0.2) is 0 Å². The number of benzene rings is 2. The molecule has 3 fully saturated rings. The van der Waals surface area contributed by atoms with E-state index in [0.29, 0.717) is 38.4 Å². The summed E-state index contributed by atoms with van der Waals surface area (Å²) in [5.74, 6) is -1.17. The van der Waals surface area contributed by atoms with E-state index in [4.69, 9.17) is 4.74 Å². The summed E-state index contributed by atoms with van der Waals surface area (Å²) in [5.41, 5.74) is 1.43. The lowest BCUT2D eigenvalue weighted by Crippen LogP contribution is -2.53. The largest absolute Gasteiger partial charge is 0.416 e. The molecule has 1 aliphatic carbocycles. The fraction of sp³-hybridized carbons (Fsp3) is 0.517. The third kappa shape index (κ3) is 5.06. The summed E-state index contributed by atoms with van der Waals surface area (Å²) in [6, 6.07) is 9.63. The number of halogens is 3. The van der Waals surface area contributed by atoms with E-state index in [0.717, 1.165) is 35.7 Å². The van der Waals surface area contributed by atoms with Crippen LogP contribution in [-0.2, 0) is 20.5 Å². The molecule has 6 nitrogen and oxygen atoms in total. The first-order chi connectivity index (χ1) is 18.0. The first-order valence-electron chi connectivity index (χ1n) is 13.2. The maximum atomic E-state index is 14.1. The van der Waals surface area contributed by atoms with Gasteiger partial charge >= 0.3 is 6.18 Å². The molecule has 2 atom stereocenters. The van der Waals surface area contributed by atoms with Crippen molar-refractivity contribution in [3.8, 4) is 0 Å². The van der Waals surface area contributed by atoms with Crippen LogP contribution in [0.25, 0.3) is 0 Å². The van der Waals surface area contributed by atoms with Crippen LogP contribution in [0.5, 0.6) is 0 Å². The summed E-state index contributed by atoms with van der Waals surface area (Å²) >= 11 is 0. The molecule has 0 radical (unpaired) electrons. The van der Waals surface area contributed by atoms with Crippen LogP contribution >= 0.6 is 0 Å². The molecule has 204 valence electrons. The number of amides is 2. The highest BCUT2D eigenvalue weighted by atomic mass is 19.4. The number of para-hydroxylation sites is 1. The molecule has 2 aromatic rings. The van der Waals surface area contributed by atoms with Crippen molar-refractivity contribution in [3.63, 3.8) is 0 Å². The number of carbonyl (C=O) groups excluding carboxylic acids is 2. The van der Waals surface area contributed by atoms with Crippen molar-refractivity contribution in [2.24, 2.45) is 11.3 Å². The normalized spacial score (nSPS) is 24.6. The smallest absolute Gasteiger partial charge is 0.379 e. The monoisotopic (exact) mass is 529 g/mol. The third-order valence-corrected chi connectivity index (χ3v) is 8.27. The van der Waals surface area contributed by atoms with E-state index < -0.39 is 29.0 Å². The molecule has 2 heterocycles. The van der Waals surface area contributed by atoms with Gasteiger partial charge in [0.1, 0.15) is 0 Å². The minimum Gasteiger partial charge on any atom is -0.379 e. The van der Waals surface area contributed by atoms with Gasteiger partial charge in [-0.25, -0.2) is 0 Å². The molecule has 5 rings (SSSR count). The minimum atomic E-state index is -4.52. The van der Waals surface area contributed by atoms with Crippen LogP contribution < -0.4 is 10.2 Å². The van der Waals surface area contributed by atoms with Gasteiger partial charge in [-0.2, -0.15) is 13.2 Å². The van der Waals surface area contributed by atoms with Crippen LogP contribution in [0.4, 0.5) is 24.5 Å². The average molecular weight is 530 g/mol. The molecule has 0 spiro atoms. The molecule has 1 N–H and O–H groups in total. The second-order valence-corrected chi connectivity index (χ2v) is 11.0. The predicted octanol–water partition coefficient (Wildman–Crippen LogP) is 5.14. The molecule has 38 heavy (non-hydrogen) atoms. The molecule has 0 aromatic heterocycles. The molecule has 0 bridgehead atoms. The van der Waals surface area contributed by atoms with Crippen molar-refractivity contribution in [1.82, 2.24) is 4.90 Å². The number of aryl methyl sites for hydroxylation is 2. The van der Waals surface area contributed by atoms with Gasteiger partial charge in [0, 0.05) is 37.6 Å². The second kappa shape index (κ2) is 10.0. The zero-order valence-corrected chi connectivity index (χ0v) is 22.0. The van der Waals surface area contributed by atoms with Gasteiger partial charge in [0.25, 0.3) is 0 Å². The number of nitrogens with one attached hydrogen (secondary N) is 1. The SMILES string of the molecule is Cc1cccc(C)c1N1C[C@@](CN2CCOCC2)(C(=O)Nc2cc(C3CC3)cc(C(F)(F)F)c2)[C@H](C)C1=O. The summed E-state index contributed by atoms with van der Waals surface area (Å²) in [7, 11) is 0. The van der Waals surface area contributed by atoms with Gasteiger partial charge in [-0.3, -0.25) is 14.5 Å². The number of morpholine rings is 1. The van der Waals surface area contributed by atoms with Crippen LogP contribution in [0.3, 0.4) is 0 Å². The van der Waals surface area contributed by atoms with Crippen LogP contribution in [0, 0.1) is 25.2 Å². The summed E-state index contributed by atoms with van der Waals surface area (Å²) in [6.07, 6.45) is -2.84. The number of anilines is 2. The Morgan fingerprint density at radius 2 is 1.76 bits per heavy atom. The summed E-state index contributed by atoms with van der Waals surface area (Å²) < 4.78 is 46.6. The van der Waals surface area contributed by atoms with Gasteiger partial charge in [-0.15, -0.1) is 0 Å². The van der Waals surface area contributed by atoms with Gasteiger partial charge in [0.2, 0.25) is 11.8 Å². The number of alkyl halides is 3. The predicted molar refractivity (Wildman–Crippen MR) is 139 cm³/mol. The van der Waals surface area contributed by atoms with Gasteiger partial charge in [-0.1, -0.05) is 25.1 Å². The quantitative estimate of drug-likeness (QED) is 0.563. The highest BCUT2D eigenvalue weighted by molar-refractivity contribution is 6.08. The van der Waals surface area contributed by atoms with Gasteiger partial charge < -0.3 is 15.0 Å². The molecule has 2 aromatic carbocycles. The fourth-order valence-electron chi connectivity index (χ4n) is 5.87. The Labute approximate surface area is 221 Å². The standard InChI is InChI=1S/C29H34F3N3O3/c1-18-5-4-6-19(2)25(18)35-17-28(20(3)26(35)36,16-34-9-11-38-12-10-34)27(37)33-24-14-22(21-7-8-21)13-23(15-24)29(30,31)32/h4-6,13-15,20-21H,7-12,16-17H2,1-3H3,(H,33,37)/t20-,28-/m1/s1. The van der Waals surface area contributed by atoms with Crippen molar-refractivity contribution in [2.75, 3.05) is 49.6 Å². The molecule has 2 amide bonds. The van der Waals surface area contributed by atoms with E-state index in [-0.39, 0.29) is 24.1 Å². The Morgan fingerprint density at radius 1 is 1.11 bits per heavy atom. The summed E-state index contributed by atoms with van der Waals surface area (Å²) in [5, 5.41) is 2.83. The number of carbonyl (C=O) groups is 2. The third-order valence-electron chi connectivity index (χ3n) is 8.27. The number of rotatable bonds is 6. The van der Waals surface area contributed by atoms with Crippen LogP contribution in [-0.4, -0.2) is 56.1 Å². The molecule has 1 saturated carbocycles. The zero-order chi connectivity index (χ0) is 27.2. The molecule has 2 aliphatic heterocycles. The van der Waals surface area contributed by atoms with Crippen molar-refractivity contribution in [3.05, 3.63) is 58.7 Å². The van der Waals surface area contributed by atoms with E-state index in [1.807, 2.05) is 32.0 Å². The average Bonchev–Trinajstić information content (AvgIpc) is 3.69. The first-order valence-corrected chi connectivity index (χ1v) is 13.2. The topological polar surface area (TPSA) is 61.9 Å². The van der Waals surface area contributed by atoms with Crippen molar-refractivity contribution in [2.45, 2.75) is 45.7 Å². The second-order valence-electron chi connectivity index (χ2n) is 11.0. The number of hydrogen-bond acceptors (Lipinski definition) is 4. The Hall–Kier alpha value is -2.91. The molecule has 0 unspecified atom stereocenters. The minimum absolute atomic E-state index is 0.0850. The van der Waals surface area contributed by atoms with Crippen molar-refractivity contribution >= 4 is 23.2 Å². The highest BCUT2D eigenvalue weighted by Gasteiger charge is 2.56. The number of hydrogen-bond donors (Lipinski definition) is 1. The Kier molecular flexibility index (Phi) is 7.02. The lowest BCUT2D eigenvalue weighted by atomic mass is 9.77. The summed E-state index contributed by atoms with van der Waals surface area (Å²) in [4.78, 5) is 31.7. The lowest BCUT2D eigenvalue weighted by molar-refractivity contribution is -0.137. The zero-order valence-electron chi connectivity index (χ0n) is 22.0. The van der Waals surface area contributed by atoms with Crippen LogP contribution in [0.15, 0.2) is 36.4 Å². The highest BCUT2D eigenvalue weighted by Crippen LogP contribution is 2.45. The summed E-state index contributed by atoms with van der Waals surface area (Å²) in [6.45, 7) is 8.38. The van der Waals surface area contributed by atoms with E-state index >= 15 is 0 Å². The Balaban J connectivity index is 1.52. The van der Waals surface area contributed by atoms with E-state index in [1.54, 1.807) is 17.9 Å². The van der Waals surface area contributed by atoms with Crippen LogP contribution in [0.1, 0.15) is 47.9 Å². The molecule has 9 heteroatoms. The molecule has 3 aliphatic rings. The molecule has 2 saturated heterocycles. The van der Waals surface area contributed by atoms with E-state index in [1.165, 1.54) is 6.07 Å². The van der Waals surface area contributed by atoms with Crippen molar-refractivity contribution in [1.29, 1.82) is 0 Å². The number of nitrogens with zero attached hydrogens (tertiary/aromatic N) is 2. The number of ether oxygens (including phenoxy) is 1. The first kappa shape index (κ1) is 26.7. The Morgan fingerprint density at radius 3 is 2.37 bits per heavy atom. The van der Waals surface area contributed by atoms with Crippen LogP contribution in [0.2, 0.25) is 0 Å². The van der Waals surface area contributed by atoms with Gasteiger partial charge in [0.05, 0.1) is 30.1 Å². The molecular formula is C29H34F3N3O3.